The zero-order valence-corrected chi connectivity index (χ0v) is 5.96. The third-order valence-corrected chi connectivity index (χ3v) is 2.38. The van der Waals surface area contributed by atoms with E-state index in [0.29, 0.717) is 11.8 Å². The second-order valence-electron chi connectivity index (χ2n) is 2.83. The molecule has 0 radical (unpaired) electrons. The molecule has 1 saturated heterocycles. The number of halogens is 2. The van der Waals surface area contributed by atoms with E-state index in [1.54, 1.807) is 0 Å². The van der Waals surface area contributed by atoms with Gasteiger partial charge in [0.2, 0.25) is 0 Å². The summed E-state index contributed by atoms with van der Waals surface area (Å²) >= 11 is 0. The average Bonchev–Trinajstić information content (AvgIpc) is 2.09. The van der Waals surface area contributed by atoms with Gasteiger partial charge in [-0.25, -0.2) is 4.39 Å². The number of hydrogen-bond acceptors (Lipinski definition) is 1. The van der Waals surface area contributed by atoms with Crippen LogP contribution < -0.4 is 5.32 Å². The molecule has 1 aliphatic carbocycles. The maximum Gasteiger partial charge on any atom is 0.105 e. The van der Waals surface area contributed by atoms with Crippen LogP contribution >= 0.6 is 12.4 Å². The smallest absolute Gasteiger partial charge is 0.105 e. The van der Waals surface area contributed by atoms with E-state index < -0.39 is 6.17 Å². The summed E-state index contributed by atoms with van der Waals surface area (Å²) in [5.41, 5.74) is 0. The molecule has 0 aromatic rings. The van der Waals surface area contributed by atoms with E-state index in [1.807, 2.05) is 0 Å². The lowest BCUT2D eigenvalue weighted by molar-refractivity contribution is 0.0733. The highest BCUT2D eigenvalue weighted by Crippen LogP contribution is 2.39. The monoisotopic (exact) mass is 151 g/mol. The molecule has 3 atom stereocenters. The second kappa shape index (κ2) is 2.43. The Kier molecular flexibility index (Phi) is 1.97. The maximum atomic E-state index is 12.4. The number of nitrogens with one attached hydrogen (secondary N) is 1. The molecule has 0 aromatic carbocycles. The van der Waals surface area contributed by atoms with Gasteiger partial charge in [-0.05, 0) is 18.9 Å². The molecule has 3 unspecified atom stereocenters. The highest BCUT2D eigenvalue weighted by atomic mass is 35.5. The van der Waals surface area contributed by atoms with Gasteiger partial charge in [0.05, 0.1) is 0 Å². The molecule has 0 spiro atoms. The first-order valence-corrected chi connectivity index (χ1v) is 3.22. The first-order chi connectivity index (χ1) is 3.88. The lowest BCUT2D eigenvalue weighted by Gasteiger charge is -2.33. The predicted octanol–water partition coefficient (Wildman–Crippen LogP) is 0.986. The van der Waals surface area contributed by atoms with Gasteiger partial charge in [0.25, 0.3) is 0 Å². The van der Waals surface area contributed by atoms with Crippen LogP contribution in [-0.2, 0) is 0 Å². The Morgan fingerprint density at radius 3 is 2.56 bits per heavy atom. The van der Waals surface area contributed by atoms with Crippen molar-refractivity contribution in [3.05, 3.63) is 0 Å². The summed E-state index contributed by atoms with van der Waals surface area (Å²) in [4.78, 5) is 0. The Morgan fingerprint density at radius 2 is 2.11 bits per heavy atom. The Morgan fingerprint density at radius 1 is 1.33 bits per heavy atom. The standard InChI is InChI=1S/C6H10FN.ClH/c7-6-1-4-2-8-3-5(4)6;/h4-6,8H,1-3H2;1H. The van der Waals surface area contributed by atoms with Crippen molar-refractivity contribution in [2.24, 2.45) is 11.8 Å². The summed E-state index contributed by atoms with van der Waals surface area (Å²) in [5, 5.41) is 3.17. The average molecular weight is 152 g/mol. The predicted molar refractivity (Wildman–Crippen MR) is 36.6 cm³/mol. The molecule has 1 N–H and O–H groups in total. The Bertz CT molecular complexity index is 109. The van der Waals surface area contributed by atoms with Crippen LogP contribution in [0.3, 0.4) is 0 Å². The molecular weight excluding hydrogens is 141 g/mol. The van der Waals surface area contributed by atoms with Gasteiger partial charge in [-0.2, -0.15) is 0 Å². The van der Waals surface area contributed by atoms with Crippen molar-refractivity contribution in [3.8, 4) is 0 Å². The SMILES string of the molecule is Cl.FC1CC2CNCC12. The minimum Gasteiger partial charge on any atom is -0.316 e. The topological polar surface area (TPSA) is 12.0 Å². The lowest BCUT2D eigenvalue weighted by atomic mass is 9.75. The van der Waals surface area contributed by atoms with Crippen LogP contribution in [0.4, 0.5) is 4.39 Å². The fourth-order valence-electron chi connectivity index (χ4n) is 1.70. The van der Waals surface area contributed by atoms with Gasteiger partial charge in [0, 0.05) is 12.5 Å². The molecular formula is C6H11ClFN. The number of alkyl halides is 1. The van der Waals surface area contributed by atoms with Crippen molar-refractivity contribution in [2.45, 2.75) is 12.6 Å². The van der Waals surface area contributed by atoms with E-state index in [4.69, 9.17) is 0 Å². The van der Waals surface area contributed by atoms with Gasteiger partial charge in [-0.15, -0.1) is 12.4 Å². The molecule has 1 heterocycles. The summed E-state index contributed by atoms with van der Waals surface area (Å²) in [6, 6.07) is 0. The van der Waals surface area contributed by atoms with Crippen molar-refractivity contribution in [2.75, 3.05) is 13.1 Å². The number of rotatable bonds is 0. The first kappa shape index (κ1) is 7.29. The van der Waals surface area contributed by atoms with Crippen molar-refractivity contribution in [3.63, 3.8) is 0 Å². The van der Waals surface area contributed by atoms with Gasteiger partial charge >= 0.3 is 0 Å². The van der Waals surface area contributed by atoms with Crippen molar-refractivity contribution >= 4 is 12.4 Å². The molecule has 1 aliphatic heterocycles. The highest BCUT2D eigenvalue weighted by Gasteiger charge is 2.43. The van der Waals surface area contributed by atoms with E-state index in [0.717, 1.165) is 19.5 Å². The summed E-state index contributed by atoms with van der Waals surface area (Å²) in [6.45, 7) is 1.98. The lowest BCUT2D eigenvalue weighted by Crippen LogP contribution is -2.36. The Labute approximate surface area is 60.4 Å². The molecule has 0 amide bonds. The maximum absolute atomic E-state index is 12.4. The van der Waals surface area contributed by atoms with E-state index in [2.05, 4.69) is 5.32 Å². The molecule has 1 saturated carbocycles. The van der Waals surface area contributed by atoms with Crippen LogP contribution in [0.5, 0.6) is 0 Å². The van der Waals surface area contributed by atoms with Gasteiger partial charge in [0.1, 0.15) is 6.17 Å². The molecule has 2 fully saturated rings. The number of hydrogen-bond donors (Lipinski definition) is 1. The van der Waals surface area contributed by atoms with Gasteiger partial charge < -0.3 is 5.32 Å². The zero-order chi connectivity index (χ0) is 5.56. The van der Waals surface area contributed by atoms with Crippen LogP contribution in [0.1, 0.15) is 6.42 Å². The zero-order valence-electron chi connectivity index (χ0n) is 5.14. The summed E-state index contributed by atoms with van der Waals surface area (Å²) in [6.07, 6.45) is 0.340. The third kappa shape index (κ3) is 0.945. The summed E-state index contributed by atoms with van der Waals surface area (Å²) < 4.78 is 12.4. The highest BCUT2D eigenvalue weighted by molar-refractivity contribution is 5.85. The minimum absolute atomic E-state index is 0. The van der Waals surface area contributed by atoms with Crippen LogP contribution in [0.2, 0.25) is 0 Å². The van der Waals surface area contributed by atoms with Gasteiger partial charge in [-0.3, -0.25) is 0 Å². The molecule has 2 rings (SSSR count). The molecule has 9 heavy (non-hydrogen) atoms. The van der Waals surface area contributed by atoms with Crippen molar-refractivity contribution in [1.82, 2.24) is 5.32 Å². The van der Waals surface area contributed by atoms with E-state index in [9.17, 15) is 4.39 Å². The van der Waals surface area contributed by atoms with Crippen molar-refractivity contribution in [1.29, 1.82) is 0 Å². The van der Waals surface area contributed by atoms with E-state index in [1.165, 1.54) is 0 Å². The molecule has 54 valence electrons. The number of fused-ring (bicyclic) bond motifs is 1. The quantitative estimate of drug-likeness (QED) is 0.545. The van der Waals surface area contributed by atoms with E-state index in [-0.39, 0.29) is 12.4 Å². The molecule has 0 bridgehead atoms. The molecule has 3 heteroatoms. The first-order valence-electron chi connectivity index (χ1n) is 3.22. The van der Waals surface area contributed by atoms with Crippen LogP contribution in [0.25, 0.3) is 0 Å². The molecule has 0 aromatic heterocycles. The summed E-state index contributed by atoms with van der Waals surface area (Å²) in [7, 11) is 0. The normalized spacial score (nSPS) is 47.0. The van der Waals surface area contributed by atoms with Crippen LogP contribution in [-0.4, -0.2) is 19.3 Å². The largest absolute Gasteiger partial charge is 0.316 e. The molecule has 2 aliphatic rings. The van der Waals surface area contributed by atoms with Crippen molar-refractivity contribution < 1.29 is 4.39 Å². The molecule has 1 nitrogen and oxygen atoms in total. The summed E-state index contributed by atoms with van der Waals surface area (Å²) in [5.74, 6) is 1.07. The van der Waals surface area contributed by atoms with E-state index >= 15 is 0 Å². The fourth-order valence-corrected chi connectivity index (χ4v) is 1.70. The third-order valence-electron chi connectivity index (χ3n) is 2.38. The second-order valence-corrected chi connectivity index (χ2v) is 2.83. The van der Waals surface area contributed by atoms with Gasteiger partial charge in [-0.1, -0.05) is 0 Å². The Hall–Kier alpha value is 0.180. The van der Waals surface area contributed by atoms with Crippen LogP contribution in [0.15, 0.2) is 0 Å². The Balaban J connectivity index is 0.000000405. The van der Waals surface area contributed by atoms with Gasteiger partial charge in [0.15, 0.2) is 0 Å². The fraction of sp³-hybridized carbons (Fsp3) is 1.00. The minimum atomic E-state index is -0.477. The van der Waals surface area contributed by atoms with Crippen LogP contribution in [0, 0.1) is 11.8 Å².